The average Bonchev–Trinajstić information content (AvgIpc) is 2.67. The lowest BCUT2D eigenvalue weighted by atomic mass is 10.0. The lowest BCUT2D eigenvalue weighted by molar-refractivity contribution is 0.112. The molecule has 1 unspecified atom stereocenters. The lowest BCUT2D eigenvalue weighted by Crippen LogP contribution is -2.37. The van der Waals surface area contributed by atoms with Crippen LogP contribution in [0.15, 0.2) is 46.0 Å². The number of phenols is 1. The van der Waals surface area contributed by atoms with Crippen molar-refractivity contribution in [3.8, 4) is 5.75 Å². The van der Waals surface area contributed by atoms with E-state index in [1.165, 1.54) is 18.2 Å². The van der Waals surface area contributed by atoms with Gasteiger partial charge in [-0.15, -0.1) is 0 Å². The number of hydrogen-bond acceptors (Lipinski definition) is 6. The van der Waals surface area contributed by atoms with Gasteiger partial charge in [0.25, 0.3) is 10.9 Å². The Morgan fingerprint density at radius 2 is 1.71 bits per heavy atom. The Morgan fingerprint density at radius 1 is 1.07 bits per heavy atom. The van der Waals surface area contributed by atoms with Gasteiger partial charge in [-0.25, -0.2) is 8.78 Å². The summed E-state index contributed by atoms with van der Waals surface area (Å²) in [5.41, 5.74) is -1.38. The van der Waals surface area contributed by atoms with Gasteiger partial charge in [-0.2, -0.15) is 0 Å². The van der Waals surface area contributed by atoms with E-state index in [0.717, 1.165) is 18.2 Å². The van der Waals surface area contributed by atoms with E-state index in [-0.39, 0.29) is 33.9 Å². The topological polar surface area (TPSA) is 95.5 Å². The number of rotatable bonds is 7. The van der Waals surface area contributed by atoms with E-state index in [1.807, 2.05) is 0 Å². The van der Waals surface area contributed by atoms with E-state index in [2.05, 4.69) is 10.6 Å². The summed E-state index contributed by atoms with van der Waals surface area (Å²) in [5.74, 6) is -1.88. The van der Waals surface area contributed by atoms with Crippen LogP contribution in [0.5, 0.6) is 5.75 Å². The molecule has 0 radical (unpaired) electrons. The second-order valence-corrected chi connectivity index (χ2v) is 6.20. The molecule has 0 fully saturated rings. The van der Waals surface area contributed by atoms with Gasteiger partial charge in [0, 0.05) is 6.07 Å². The Labute approximate surface area is 158 Å². The molecule has 0 bridgehead atoms. The van der Waals surface area contributed by atoms with Crippen molar-refractivity contribution >= 4 is 23.3 Å². The Kier molecular flexibility index (Phi) is 5.21. The summed E-state index contributed by atoms with van der Waals surface area (Å²) in [5, 5.41) is 15.5. The maximum Gasteiger partial charge on any atom is 0.253 e. The third-order valence-corrected chi connectivity index (χ3v) is 4.38. The number of para-hydroxylation sites is 1. The molecule has 0 amide bonds. The molecule has 3 N–H and O–H groups in total. The van der Waals surface area contributed by atoms with Crippen molar-refractivity contribution in [1.82, 2.24) is 0 Å². The van der Waals surface area contributed by atoms with Crippen LogP contribution in [0, 0.1) is 11.6 Å². The van der Waals surface area contributed by atoms with Crippen LogP contribution in [0.1, 0.15) is 35.3 Å². The fourth-order valence-corrected chi connectivity index (χ4v) is 2.91. The molecule has 6 nitrogen and oxygen atoms in total. The first-order chi connectivity index (χ1) is 13.3. The molecule has 3 aromatic carbocycles. The molecule has 8 heteroatoms. The molecule has 0 saturated carbocycles. The summed E-state index contributed by atoms with van der Waals surface area (Å²) >= 11 is 0. The molecule has 1 atom stereocenters. The Morgan fingerprint density at radius 3 is 2.32 bits per heavy atom. The first kappa shape index (κ1) is 19.2. The van der Waals surface area contributed by atoms with Gasteiger partial charge in [0.15, 0.2) is 6.29 Å². The standard InChI is InChI=1S/C20H16F2N2O4/c1-2-14(11-6-12(21)8-13(22)7-11)23-16-17(20(28)19(16)27)24-15-5-3-4-10(9-25)18(15)26/h3-9,14,23-24,26H,2H2,1H3. The minimum atomic E-state index is -0.807. The zero-order valence-corrected chi connectivity index (χ0v) is 14.8. The van der Waals surface area contributed by atoms with Crippen LogP contribution in [0.2, 0.25) is 0 Å². The fraction of sp³-hybridized carbons (Fsp3) is 0.150. The van der Waals surface area contributed by atoms with Crippen LogP contribution < -0.4 is 21.5 Å². The van der Waals surface area contributed by atoms with Crippen molar-refractivity contribution in [3.05, 3.63) is 79.6 Å². The van der Waals surface area contributed by atoms with Crippen molar-refractivity contribution in [2.24, 2.45) is 0 Å². The highest BCUT2D eigenvalue weighted by Gasteiger charge is 2.25. The van der Waals surface area contributed by atoms with Crippen molar-refractivity contribution in [1.29, 1.82) is 0 Å². The summed E-state index contributed by atoms with van der Waals surface area (Å²) in [7, 11) is 0. The van der Waals surface area contributed by atoms with Gasteiger partial charge in [0.2, 0.25) is 0 Å². The second kappa shape index (κ2) is 7.59. The molecule has 0 aliphatic rings. The first-order valence-corrected chi connectivity index (χ1v) is 8.45. The predicted octanol–water partition coefficient (Wildman–Crippen LogP) is 3.39. The van der Waals surface area contributed by atoms with Crippen LogP contribution in [0.3, 0.4) is 0 Å². The van der Waals surface area contributed by atoms with Crippen LogP contribution in [0.25, 0.3) is 0 Å². The number of hydrogen-bond donors (Lipinski definition) is 3. The van der Waals surface area contributed by atoms with Gasteiger partial charge in [0.1, 0.15) is 28.8 Å². The molecule has 28 heavy (non-hydrogen) atoms. The first-order valence-electron chi connectivity index (χ1n) is 8.45. The van der Waals surface area contributed by atoms with E-state index in [9.17, 15) is 28.3 Å². The van der Waals surface area contributed by atoms with Crippen LogP contribution in [0.4, 0.5) is 25.8 Å². The number of carbonyl (C=O) groups excluding carboxylic acids is 1. The number of benzene rings is 2. The fourth-order valence-electron chi connectivity index (χ4n) is 2.91. The third-order valence-electron chi connectivity index (χ3n) is 4.38. The van der Waals surface area contributed by atoms with Gasteiger partial charge in [-0.05, 0) is 36.2 Å². The number of anilines is 3. The van der Waals surface area contributed by atoms with Crippen LogP contribution >= 0.6 is 0 Å². The predicted molar refractivity (Wildman–Crippen MR) is 101 cm³/mol. The number of aldehydes is 1. The molecule has 0 heterocycles. The number of carbonyl (C=O) groups is 1. The van der Waals surface area contributed by atoms with Crippen molar-refractivity contribution < 1.29 is 18.7 Å². The minimum Gasteiger partial charge on any atom is -0.505 e. The molecule has 3 rings (SSSR count). The number of halogens is 2. The highest BCUT2D eigenvalue weighted by molar-refractivity contribution is 5.87. The van der Waals surface area contributed by atoms with Gasteiger partial charge < -0.3 is 15.7 Å². The third kappa shape index (κ3) is 3.48. The van der Waals surface area contributed by atoms with Crippen LogP contribution in [-0.2, 0) is 0 Å². The van der Waals surface area contributed by atoms with Gasteiger partial charge in [-0.1, -0.05) is 13.0 Å². The second-order valence-electron chi connectivity index (χ2n) is 6.20. The maximum atomic E-state index is 13.5. The summed E-state index contributed by atoms with van der Waals surface area (Å²) in [4.78, 5) is 34.9. The van der Waals surface area contributed by atoms with Crippen molar-refractivity contribution in [3.63, 3.8) is 0 Å². The van der Waals surface area contributed by atoms with Gasteiger partial charge in [-0.3, -0.25) is 14.4 Å². The molecular weight excluding hydrogens is 370 g/mol. The molecular formula is C20H16F2N2O4. The molecule has 144 valence electrons. The Hall–Kier alpha value is -3.55. The normalized spacial score (nSPS) is 12.0. The molecule has 3 aromatic rings. The highest BCUT2D eigenvalue weighted by atomic mass is 19.1. The molecule has 0 saturated heterocycles. The zero-order valence-electron chi connectivity index (χ0n) is 14.8. The Balaban J connectivity index is 1.92. The number of nitrogens with one attached hydrogen (secondary N) is 2. The van der Waals surface area contributed by atoms with E-state index >= 15 is 0 Å². The lowest BCUT2D eigenvalue weighted by Gasteiger charge is -2.22. The largest absolute Gasteiger partial charge is 0.505 e. The summed E-state index contributed by atoms with van der Waals surface area (Å²) in [6.07, 6.45) is 0.834. The quantitative estimate of drug-likeness (QED) is 0.327. The van der Waals surface area contributed by atoms with E-state index in [1.54, 1.807) is 6.92 Å². The van der Waals surface area contributed by atoms with Crippen molar-refractivity contribution in [2.75, 3.05) is 10.6 Å². The van der Waals surface area contributed by atoms with E-state index in [0.29, 0.717) is 12.7 Å². The summed E-state index contributed by atoms with van der Waals surface area (Å²) in [6, 6.07) is 6.72. The van der Waals surface area contributed by atoms with E-state index < -0.39 is 28.5 Å². The minimum absolute atomic E-state index is 0.0138. The SMILES string of the molecule is CCC(Nc1c(Nc2cccc(C=O)c2O)c(=O)c1=O)c1cc(F)cc(F)c1. The van der Waals surface area contributed by atoms with Gasteiger partial charge in [0.05, 0.1) is 17.3 Å². The zero-order chi connectivity index (χ0) is 20.4. The maximum absolute atomic E-state index is 13.5. The number of phenolic OH excluding ortho intramolecular Hbond substituents is 1. The monoisotopic (exact) mass is 386 g/mol. The van der Waals surface area contributed by atoms with Crippen molar-refractivity contribution in [2.45, 2.75) is 19.4 Å². The smallest absolute Gasteiger partial charge is 0.253 e. The van der Waals surface area contributed by atoms with Gasteiger partial charge >= 0.3 is 0 Å². The molecule has 0 aromatic heterocycles. The number of aromatic hydroxyl groups is 1. The molecule has 0 spiro atoms. The highest BCUT2D eigenvalue weighted by Crippen LogP contribution is 2.32. The molecule has 0 aliphatic carbocycles. The average molecular weight is 386 g/mol. The molecule has 0 aliphatic heterocycles. The Bertz CT molecular complexity index is 1100. The van der Waals surface area contributed by atoms with E-state index in [4.69, 9.17) is 0 Å². The summed E-state index contributed by atoms with van der Waals surface area (Å²) < 4.78 is 27.0. The summed E-state index contributed by atoms with van der Waals surface area (Å²) in [6.45, 7) is 1.75. The van der Waals surface area contributed by atoms with Crippen LogP contribution in [-0.4, -0.2) is 11.4 Å².